The van der Waals surface area contributed by atoms with Crippen molar-refractivity contribution in [1.29, 1.82) is 0 Å². The van der Waals surface area contributed by atoms with Crippen LogP contribution >= 0.6 is 0 Å². The van der Waals surface area contributed by atoms with Crippen LogP contribution in [0.5, 0.6) is 0 Å². The van der Waals surface area contributed by atoms with E-state index < -0.39 is 5.79 Å². The second kappa shape index (κ2) is 8.51. The van der Waals surface area contributed by atoms with Gasteiger partial charge in [-0.15, -0.1) is 6.42 Å². The van der Waals surface area contributed by atoms with E-state index in [1.807, 2.05) is 62.4 Å². The third kappa shape index (κ3) is 4.95. The SMILES string of the molecule is C#CC(CC[C@@H]1OC(C)(C)O[C@@H]1c1ccccc1)OCc1ccccc1. The molecule has 0 aliphatic carbocycles. The van der Waals surface area contributed by atoms with E-state index in [1.165, 1.54) is 0 Å². The predicted molar refractivity (Wildman–Crippen MR) is 102 cm³/mol. The second-order valence-electron chi connectivity index (χ2n) is 7.03. The average molecular weight is 350 g/mol. The van der Waals surface area contributed by atoms with Gasteiger partial charge in [-0.05, 0) is 37.8 Å². The van der Waals surface area contributed by atoms with E-state index in [4.69, 9.17) is 20.6 Å². The van der Waals surface area contributed by atoms with Gasteiger partial charge in [0.2, 0.25) is 0 Å². The topological polar surface area (TPSA) is 27.7 Å². The van der Waals surface area contributed by atoms with Gasteiger partial charge in [-0.2, -0.15) is 0 Å². The van der Waals surface area contributed by atoms with Crippen LogP contribution in [0.2, 0.25) is 0 Å². The van der Waals surface area contributed by atoms with E-state index in [1.54, 1.807) is 0 Å². The molecule has 136 valence electrons. The monoisotopic (exact) mass is 350 g/mol. The summed E-state index contributed by atoms with van der Waals surface area (Å²) < 4.78 is 18.2. The normalized spacial score (nSPS) is 22.7. The van der Waals surface area contributed by atoms with Gasteiger partial charge >= 0.3 is 0 Å². The highest BCUT2D eigenvalue weighted by Gasteiger charge is 2.41. The van der Waals surface area contributed by atoms with Gasteiger partial charge in [0.1, 0.15) is 12.2 Å². The molecule has 1 aliphatic rings. The Kier molecular flexibility index (Phi) is 6.11. The summed E-state index contributed by atoms with van der Waals surface area (Å²) in [5, 5.41) is 0. The van der Waals surface area contributed by atoms with Crippen LogP contribution in [0.4, 0.5) is 0 Å². The first kappa shape index (κ1) is 18.7. The number of rotatable bonds is 7. The Bertz CT molecular complexity index is 718. The first-order chi connectivity index (χ1) is 12.6. The standard InChI is InChI=1S/C23H26O3/c1-4-20(24-17-18-11-7-5-8-12-18)15-16-21-22(26-23(2,3)25-21)19-13-9-6-10-14-19/h1,5-14,20-22H,15-17H2,2-3H3/t20?,21-,22+/m0/s1. The van der Waals surface area contributed by atoms with Gasteiger partial charge in [0.25, 0.3) is 0 Å². The zero-order chi connectivity index (χ0) is 18.4. The van der Waals surface area contributed by atoms with Crippen LogP contribution in [0.25, 0.3) is 0 Å². The Labute approximate surface area is 156 Å². The van der Waals surface area contributed by atoms with Crippen molar-refractivity contribution < 1.29 is 14.2 Å². The molecule has 1 saturated heterocycles. The summed E-state index contributed by atoms with van der Waals surface area (Å²) in [6, 6.07) is 20.3. The third-order valence-electron chi connectivity index (χ3n) is 4.51. The predicted octanol–water partition coefficient (Wildman–Crippen LogP) is 4.88. The third-order valence-corrected chi connectivity index (χ3v) is 4.51. The van der Waals surface area contributed by atoms with E-state index in [2.05, 4.69) is 18.1 Å². The van der Waals surface area contributed by atoms with E-state index in [9.17, 15) is 0 Å². The van der Waals surface area contributed by atoms with Crippen molar-refractivity contribution in [2.45, 2.75) is 57.4 Å². The molecule has 2 aromatic carbocycles. The van der Waals surface area contributed by atoms with Crippen molar-refractivity contribution in [3.8, 4) is 12.3 Å². The van der Waals surface area contributed by atoms with E-state index in [0.717, 1.165) is 24.0 Å². The summed E-state index contributed by atoms with van der Waals surface area (Å²) in [5.41, 5.74) is 2.25. The molecule has 0 aromatic heterocycles. The van der Waals surface area contributed by atoms with Crippen LogP contribution < -0.4 is 0 Å². The number of ether oxygens (including phenoxy) is 3. The number of hydrogen-bond donors (Lipinski definition) is 0. The molecule has 0 saturated carbocycles. The summed E-state index contributed by atoms with van der Waals surface area (Å²) in [7, 11) is 0. The van der Waals surface area contributed by atoms with E-state index >= 15 is 0 Å². The first-order valence-corrected chi connectivity index (χ1v) is 9.09. The Morgan fingerprint density at radius 2 is 1.69 bits per heavy atom. The average Bonchev–Trinajstić information content (AvgIpc) is 2.98. The van der Waals surface area contributed by atoms with Crippen LogP contribution in [-0.4, -0.2) is 18.0 Å². The first-order valence-electron chi connectivity index (χ1n) is 9.09. The second-order valence-corrected chi connectivity index (χ2v) is 7.03. The Hall–Kier alpha value is -2.12. The van der Waals surface area contributed by atoms with E-state index in [0.29, 0.717) is 6.61 Å². The summed E-state index contributed by atoms with van der Waals surface area (Å²) in [6.07, 6.45) is 6.83. The lowest BCUT2D eigenvalue weighted by Crippen LogP contribution is -2.22. The molecule has 1 unspecified atom stereocenters. The van der Waals surface area contributed by atoms with Crippen LogP contribution in [0.3, 0.4) is 0 Å². The highest BCUT2D eigenvalue weighted by Crippen LogP contribution is 2.40. The van der Waals surface area contributed by atoms with Crippen molar-refractivity contribution in [2.24, 2.45) is 0 Å². The smallest absolute Gasteiger partial charge is 0.164 e. The van der Waals surface area contributed by atoms with Gasteiger partial charge in [-0.25, -0.2) is 0 Å². The van der Waals surface area contributed by atoms with Gasteiger partial charge in [-0.3, -0.25) is 0 Å². The Balaban J connectivity index is 1.58. The van der Waals surface area contributed by atoms with Gasteiger partial charge in [0, 0.05) is 0 Å². The van der Waals surface area contributed by atoms with Crippen molar-refractivity contribution >= 4 is 0 Å². The van der Waals surface area contributed by atoms with Gasteiger partial charge in [-0.1, -0.05) is 66.6 Å². The summed E-state index contributed by atoms with van der Waals surface area (Å²) in [6.45, 7) is 4.42. The number of benzene rings is 2. The fraction of sp³-hybridized carbons (Fsp3) is 0.391. The molecular formula is C23H26O3. The molecule has 1 heterocycles. The van der Waals surface area contributed by atoms with Crippen LogP contribution in [0, 0.1) is 12.3 Å². The van der Waals surface area contributed by atoms with Crippen LogP contribution in [0.1, 0.15) is 43.9 Å². The molecule has 3 rings (SSSR count). The van der Waals surface area contributed by atoms with Crippen molar-refractivity contribution in [3.05, 3.63) is 71.8 Å². The van der Waals surface area contributed by atoms with Crippen molar-refractivity contribution in [2.75, 3.05) is 0 Å². The van der Waals surface area contributed by atoms with Gasteiger partial charge in [0.15, 0.2) is 5.79 Å². The molecule has 0 radical (unpaired) electrons. The fourth-order valence-electron chi connectivity index (χ4n) is 3.27. The lowest BCUT2D eigenvalue weighted by Gasteiger charge is -2.19. The maximum atomic E-state index is 6.13. The van der Waals surface area contributed by atoms with Crippen LogP contribution in [0.15, 0.2) is 60.7 Å². The Morgan fingerprint density at radius 1 is 1.04 bits per heavy atom. The maximum Gasteiger partial charge on any atom is 0.164 e. The van der Waals surface area contributed by atoms with Crippen molar-refractivity contribution in [1.82, 2.24) is 0 Å². The molecular weight excluding hydrogens is 324 g/mol. The molecule has 3 atom stereocenters. The number of terminal acetylenes is 1. The molecule has 0 N–H and O–H groups in total. The lowest BCUT2D eigenvalue weighted by molar-refractivity contribution is -0.147. The van der Waals surface area contributed by atoms with Gasteiger partial charge < -0.3 is 14.2 Å². The largest absolute Gasteiger partial charge is 0.361 e. The molecule has 0 bridgehead atoms. The summed E-state index contributed by atoms with van der Waals surface area (Å²) >= 11 is 0. The number of hydrogen-bond acceptors (Lipinski definition) is 3. The molecule has 3 nitrogen and oxygen atoms in total. The summed E-state index contributed by atoms with van der Waals surface area (Å²) in [4.78, 5) is 0. The minimum atomic E-state index is -0.596. The van der Waals surface area contributed by atoms with Gasteiger partial charge in [0.05, 0.1) is 12.7 Å². The molecule has 3 heteroatoms. The zero-order valence-electron chi connectivity index (χ0n) is 15.4. The summed E-state index contributed by atoms with van der Waals surface area (Å²) in [5.74, 6) is 2.16. The fourth-order valence-corrected chi connectivity index (χ4v) is 3.27. The minimum Gasteiger partial charge on any atom is -0.361 e. The molecule has 0 spiro atoms. The molecule has 1 fully saturated rings. The quantitative estimate of drug-likeness (QED) is 0.666. The molecule has 2 aromatic rings. The Morgan fingerprint density at radius 3 is 2.35 bits per heavy atom. The molecule has 1 aliphatic heterocycles. The van der Waals surface area contributed by atoms with Crippen LogP contribution in [-0.2, 0) is 20.8 Å². The molecule has 26 heavy (non-hydrogen) atoms. The molecule has 0 amide bonds. The maximum absolute atomic E-state index is 6.13. The zero-order valence-corrected chi connectivity index (χ0v) is 15.4. The highest BCUT2D eigenvalue weighted by molar-refractivity contribution is 5.20. The minimum absolute atomic E-state index is 0.0384. The van der Waals surface area contributed by atoms with Crippen molar-refractivity contribution in [3.63, 3.8) is 0 Å². The highest BCUT2D eigenvalue weighted by atomic mass is 16.7. The lowest BCUT2D eigenvalue weighted by atomic mass is 9.99. The van der Waals surface area contributed by atoms with E-state index in [-0.39, 0.29) is 18.3 Å².